The Morgan fingerprint density at radius 1 is 1.23 bits per heavy atom. The summed E-state index contributed by atoms with van der Waals surface area (Å²) in [7, 11) is 0. The number of hydrogen-bond acceptors (Lipinski definition) is 0. The van der Waals surface area contributed by atoms with Gasteiger partial charge in [-0.1, -0.05) is 24.8 Å². The molecule has 0 atom stereocenters. The molecule has 0 saturated heterocycles. The minimum absolute atomic E-state index is 1.29. The highest BCUT2D eigenvalue weighted by atomic mass is 127. The zero-order valence-electron chi connectivity index (χ0n) is 7.35. The molecule has 0 nitrogen and oxygen atoms in total. The van der Waals surface area contributed by atoms with E-state index in [-0.39, 0.29) is 0 Å². The molecule has 2 heteroatoms. The van der Waals surface area contributed by atoms with E-state index in [0.717, 1.165) is 0 Å². The third-order valence-electron chi connectivity index (χ3n) is 1.79. The molecule has 0 bridgehead atoms. The summed E-state index contributed by atoms with van der Waals surface area (Å²) in [5.41, 5.74) is 2.64. The number of allylic oxidation sites excluding steroid dienone is 2. The van der Waals surface area contributed by atoms with E-state index in [0.29, 0.717) is 0 Å². The lowest BCUT2D eigenvalue weighted by molar-refractivity contribution is 1.38. The third kappa shape index (κ3) is 2.80. The molecule has 0 radical (unpaired) electrons. The predicted octanol–water partition coefficient (Wildman–Crippen LogP) is 4.40. The van der Waals surface area contributed by atoms with Crippen LogP contribution in [0.4, 0.5) is 0 Å². The first-order valence-electron chi connectivity index (χ1n) is 3.90. The SMILES string of the molecule is C=C/C=C\c1c(I)ccc(I)c1C. The summed E-state index contributed by atoms with van der Waals surface area (Å²) in [6.45, 7) is 5.81. The molecule has 0 N–H and O–H groups in total. The molecule has 0 aromatic heterocycles. The van der Waals surface area contributed by atoms with E-state index in [1.807, 2.05) is 6.08 Å². The Hall–Kier alpha value is 0.160. The molecule has 1 aromatic rings. The van der Waals surface area contributed by atoms with Crippen LogP contribution in [-0.4, -0.2) is 0 Å². The Morgan fingerprint density at radius 3 is 2.46 bits per heavy atom. The Morgan fingerprint density at radius 2 is 1.85 bits per heavy atom. The minimum Gasteiger partial charge on any atom is -0.0991 e. The molecule has 0 heterocycles. The van der Waals surface area contributed by atoms with Gasteiger partial charge >= 0.3 is 0 Å². The average molecular weight is 396 g/mol. The van der Waals surface area contributed by atoms with Crippen LogP contribution in [0, 0.1) is 14.1 Å². The van der Waals surface area contributed by atoms with Gasteiger partial charge in [0.1, 0.15) is 0 Å². The summed E-state index contributed by atoms with van der Waals surface area (Å²) in [6.07, 6.45) is 5.88. The lowest BCUT2D eigenvalue weighted by atomic mass is 10.1. The molecule has 68 valence electrons. The van der Waals surface area contributed by atoms with Crippen molar-refractivity contribution in [3.05, 3.63) is 49.1 Å². The van der Waals surface area contributed by atoms with Crippen molar-refractivity contribution in [1.82, 2.24) is 0 Å². The van der Waals surface area contributed by atoms with Gasteiger partial charge in [-0.05, 0) is 75.4 Å². The molecule has 0 aliphatic rings. The third-order valence-corrected chi connectivity index (χ3v) is 3.90. The van der Waals surface area contributed by atoms with Crippen LogP contribution in [0.1, 0.15) is 11.1 Å². The molecule has 0 spiro atoms. The first-order valence-corrected chi connectivity index (χ1v) is 6.06. The van der Waals surface area contributed by atoms with Gasteiger partial charge < -0.3 is 0 Å². The summed E-state index contributed by atoms with van der Waals surface area (Å²) in [5.74, 6) is 0. The normalized spacial score (nSPS) is 10.7. The number of hydrogen-bond donors (Lipinski definition) is 0. The molecule has 0 unspecified atom stereocenters. The Bertz CT molecular complexity index is 351. The minimum atomic E-state index is 1.29. The number of halogens is 2. The van der Waals surface area contributed by atoms with Gasteiger partial charge in [0, 0.05) is 7.14 Å². The highest BCUT2D eigenvalue weighted by molar-refractivity contribution is 14.1. The molecule has 1 aromatic carbocycles. The predicted molar refractivity (Wildman–Crippen MR) is 75.8 cm³/mol. The molecule has 13 heavy (non-hydrogen) atoms. The van der Waals surface area contributed by atoms with Gasteiger partial charge in [-0.3, -0.25) is 0 Å². The molecule has 0 aliphatic carbocycles. The smallest absolute Gasteiger partial charge is 0.0206 e. The molecule has 0 aliphatic heterocycles. The maximum absolute atomic E-state index is 3.67. The van der Waals surface area contributed by atoms with E-state index in [4.69, 9.17) is 0 Å². The maximum Gasteiger partial charge on any atom is 0.0206 e. The van der Waals surface area contributed by atoms with Crippen molar-refractivity contribution in [3.63, 3.8) is 0 Å². The van der Waals surface area contributed by atoms with Crippen LogP contribution in [0.15, 0.2) is 30.9 Å². The lowest BCUT2D eigenvalue weighted by Gasteiger charge is -2.05. The second-order valence-electron chi connectivity index (χ2n) is 2.66. The van der Waals surface area contributed by atoms with Crippen LogP contribution in [0.5, 0.6) is 0 Å². The monoisotopic (exact) mass is 396 g/mol. The van der Waals surface area contributed by atoms with Gasteiger partial charge in [-0.2, -0.15) is 0 Å². The van der Waals surface area contributed by atoms with Crippen LogP contribution in [0.2, 0.25) is 0 Å². The van der Waals surface area contributed by atoms with E-state index in [1.54, 1.807) is 6.08 Å². The highest BCUT2D eigenvalue weighted by Crippen LogP contribution is 2.22. The summed E-state index contributed by atoms with van der Waals surface area (Å²) >= 11 is 4.71. The Kier molecular flexibility index (Phi) is 4.45. The van der Waals surface area contributed by atoms with Crippen molar-refractivity contribution < 1.29 is 0 Å². The fourth-order valence-electron chi connectivity index (χ4n) is 1.04. The quantitative estimate of drug-likeness (QED) is 0.514. The molecular formula is C11H10I2. The zero-order valence-corrected chi connectivity index (χ0v) is 11.7. The summed E-state index contributed by atoms with van der Waals surface area (Å²) in [6, 6.07) is 4.28. The van der Waals surface area contributed by atoms with Crippen molar-refractivity contribution in [2.45, 2.75) is 6.92 Å². The second-order valence-corrected chi connectivity index (χ2v) is 4.99. The van der Waals surface area contributed by atoms with Crippen LogP contribution < -0.4 is 0 Å². The first-order chi connectivity index (χ1) is 6.16. The molecule has 0 saturated carbocycles. The van der Waals surface area contributed by atoms with Gasteiger partial charge in [-0.15, -0.1) is 0 Å². The van der Waals surface area contributed by atoms with E-state index < -0.39 is 0 Å². The van der Waals surface area contributed by atoms with Gasteiger partial charge in [-0.25, -0.2) is 0 Å². The Balaban J connectivity index is 3.25. The largest absolute Gasteiger partial charge is 0.0991 e. The zero-order chi connectivity index (χ0) is 9.84. The summed E-state index contributed by atoms with van der Waals surface area (Å²) in [5, 5.41) is 0. The van der Waals surface area contributed by atoms with Gasteiger partial charge in [0.05, 0.1) is 0 Å². The number of rotatable bonds is 2. The van der Waals surface area contributed by atoms with Gasteiger partial charge in [0.25, 0.3) is 0 Å². The Labute approximate surface area is 106 Å². The summed E-state index contributed by atoms with van der Waals surface area (Å²) < 4.78 is 2.59. The van der Waals surface area contributed by atoms with Crippen molar-refractivity contribution >= 4 is 51.3 Å². The van der Waals surface area contributed by atoms with Crippen LogP contribution >= 0.6 is 45.2 Å². The topological polar surface area (TPSA) is 0 Å². The molecular weight excluding hydrogens is 386 g/mol. The van der Waals surface area contributed by atoms with Crippen LogP contribution in [0.3, 0.4) is 0 Å². The van der Waals surface area contributed by atoms with Crippen molar-refractivity contribution in [1.29, 1.82) is 0 Å². The van der Waals surface area contributed by atoms with Gasteiger partial charge in [0.15, 0.2) is 0 Å². The molecule has 1 rings (SSSR count). The second kappa shape index (κ2) is 5.14. The van der Waals surface area contributed by atoms with Crippen molar-refractivity contribution in [3.8, 4) is 0 Å². The van der Waals surface area contributed by atoms with Crippen molar-refractivity contribution in [2.75, 3.05) is 0 Å². The van der Waals surface area contributed by atoms with Crippen molar-refractivity contribution in [2.24, 2.45) is 0 Å². The molecule has 0 amide bonds. The fourth-order valence-corrected chi connectivity index (χ4v) is 2.27. The highest BCUT2D eigenvalue weighted by Gasteiger charge is 2.02. The van der Waals surface area contributed by atoms with E-state index in [2.05, 4.69) is 76.9 Å². The van der Waals surface area contributed by atoms with E-state index in [1.165, 1.54) is 18.3 Å². The average Bonchev–Trinajstić information content (AvgIpc) is 2.12. The van der Waals surface area contributed by atoms with Crippen LogP contribution in [-0.2, 0) is 0 Å². The van der Waals surface area contributed by atoms with E-state index in [9.17, 15) is 0 Å². The van der Waals surface area contributed by atoms with E-state index >= 15 is 0 Å². The van der Waals surface area contributed by atoms with Gasteiger partial charge in [0.2, 0.25) is 0 Å². The van der Waals surface area contributed by atoms with Crippen LogP contribution in [0.25, 0.3) is 6.08 Å². The first kappa shape index (κ1) is 11.2. The fraction of sp³-hybridized carbons (Fsp3) is 0.0909. The standard InChI is InChI=1S/C11H10I2/c1-3-4-5-9-8(2)10(12)6-7-11(9)13/h3-7H,1H2,2H3/b5-4-. The maximum atomic E-state index is 3.67. The number of benzene rings is 1. The summed E-state index contributed by atoms with van der Waals surface area (Å²) in [4.78, 5) is 0. The lowest BCUT2D eigenvalue weighted by Crippen LogP contribution is -1.89. The molecule has 0 fully saturated rings.